The number of carbonyl (C=O) groups excluding carboxylic acids is 1. The van der Waals surface area contributed by atoms with Crippen LogP contribution >= 0.6 is 0 Å². The maximum absolute atomic E-state index is 12.9. The first-order chi connectivity index (χ1) is 23.5. The summed E-state index contributed by atoms with van der Waals surface area (Å²) in [7, 11) is 0. The first-order valence-electron chi connectivity index (χ1n) is 16.7. The zero-order valence-corrected chi connectivity index (χ0v) is 28.1. The summed E-state index contributed by atoms with van der Waals surface area (Å²) in [5.74, 6) is 1.43. The molecule has 0 atom stereocenters. The highest BCUT2D eigenvalue weighted by atomic mass is 16.5. The van der Waals surface area contributed by atoms with Crippen LogP contribution in [0.25, 0.3) is 10.8 Å². The molecule has 0 spiro atoms. The molecule has 5 aromatic carbocycles. The van der Waals surface area contributed by atoms with Crippen molar-refractivity contribution >= 4 is 56.5 Å². The van der Waals surface area contributed by atoms with Crippen molar-refractivity contribution in [2.75, 3.05) is 53.6 Å². The van der Waals surface area contributed by atoms with E-state index in [-0.39, 0.29) is 5.91 Å². The molecule has 6 rings (SSSR count). The van der Waals surface area contributed by atoms with E-state index in [2.05, 4.69) is 107 Å². The van der Waals surface area contributed by atoms with E-state index in [0.29, 0.717) is 24.3 Å². The van der Waals surface area contributed by atoms with Gasteiger partial charge in [-0.2, -0.15) is 10.2 Å². The van der Waals surface area contributed by atoms with Crippen molar-refractivity contribution < 1.29 is 9.53 Å². The summed E-state index contributed by atoms with van der Waals surface area (Å²) in [4.78, 5) is 15.2. The average molecular weight is 642 g/mol. The SMILES string of the molecule is CCNc1cc2c(cc1C)Nc1c(cc(NCCCNC(=O)c3cccc(N=Nc4ccc(N(CC)CC)cc4)c3)c3ccccc13)O2. The van der Waals surface area contributed by atoms with Crippen molar-refractivity contribution in [1.82, 2.24) is 5.32 Å². The van der Waals surface area contributed by atoms with Crippen molar-refractivity contribution in [2.24, 2.45) is 10.2 Å². The van der Waals surface area contributed by atoms with Crippen molar-refractivity contribution in [1.29, 1.82) is 0 Å². The van der Waals surface area contributed by atoms with Gasteiger partial charge in [0.25, 0.3) is 5.91 Å². The first kappa shape index (κ1) is 32.4. The molecule has 1 amide bonds. The van der Waals surface area contributed by atoms with E-state index in [1.807, 2.05) is 36.4 Å². The average Bonchev–Trinajstić information content (AvgIpc) is 3.11. The van der Waals surface area contributed by atoms with Crippen LogP contribution in [0.2, 0.25) is 0 Å². The molecule has 1 aliphatic heterocycles. The first-order valence-corrected chi connectivity index (χ1v) is 16.7. The van der Waals surface area contributed by atoms with E-state index in [9.17, 15) is 4.79 Å². The Labute approximate surface area is 282 Å². The summed E-state index contributed by atoms with van der Waals surface area (Å²) in [5, 5.41) is 24.6. The van der Waals surface area contributed by atoms with Gasteiger partial charge in [0.05, 0.1) is 22.7 Å². The second-order valence-electron chi connectivity index (χ2n) is 11.7. The van der Waals surface area contributed by atoms with Crippen LogP contribution in [0.15, 0.2) is 101 Å². The number of aryl methyl sites for hydroxylation is 1. The van der Waals surface area contributed by atoms with Gasteiger partial charge in [0, 0.05) is 78.3 Å². The Bertz CT molecular complexity index is 1930. The van der Waals surface area contributed by atoms with Gasteiger partial charge in [-0.05, 0) is 88.2 Å². The number of anilines is 5. The monoisotopic (exact) mass is 641 g/mol. The largest absolute Gasteiger partial charge is 0.453 e. The van der Waals surface area contributed by atoms with Gasteiger partial charge < -0.3 is 30.9 Å². The zero-order valence-electron chi connectivity index (χ0n) is 28.1. The van der Waals surface area contributed by atoms with E-state index in [1.54, 1.807) is 12.1 Å². The lowest BCUT2D eigenvalue weighted by molar-refractivity contribution is 0.0953. The molecule has 9 nitrogen and oxygen atoms in total. The predicted octanol–water partition coefficient (Wildman–Crippen LogP) is 9.92. The molecule has 0 saturated heterocycles. The zero-order chi connectivity index (χ0) is 33.5. The van der Waals surface area contributed by atoms with Crippen LogP contribution in [0.3, 0.4) is 0 Å². The molecule has 9 heteroatoms. The highest BCUT2D eigenvalue weighted by molar-refractivity contribution is 6.06. The summed E-state index contributed by atoms with van der Waals surface area (Å²) in [5.41, 5.74) is 8.24. The van der Waals surface area contributed by atoms with E-state index in [4.69, 9.17) is 4.74 Å². The third-order valence-electron chi connectivity index (χ3n) is 8.50. The highest BCUT2D eigenvalue weighted by Gasteiger charge is 2.22. The fourth-order valence-corrected chi connectivity index (χ4v) is 5.97. The maximum atomic E-state index is 12.9. The molecule has 5 aromatic rings. The number of fused-ring (bicyclic) bond motifs is 4. The van der Waals surface area contributed by atoms with Crippen molar-refractivity contribution in [3.8, 4) is 11.5 Å². The summed E-state index contributed by atoms with van der Waals surface area (Å²) >= 11 is 0. The Morgan fingerprint density at radius 3 is 2.29 bits per heavy atom. The van der Waals surface area contributed by atoms with Crippen molar-refractivity contribution in [3.63, 3.8) is 0 Å². The third-order valence-corrected chi connectivity index (χ3v) is 8.50. The smallest absolute Gasteiger partial charge is 0.251 e. The molecule has 0 bridgehead atoms. The summed E-state index contributed by atoms with van der Waals surface area (Å²) in [6.45, 7) is 12.4. The number of benzene rings is 5. The standard InChI is InChI=1S/C39H43N7O2/c1-5-40-33-24-36-35(22-26(33)4)43-38-32-15-9-8-14-31(32)34(25-37(38)48-36)41-20-11-21-42-39(47)27-12-10-13-29(23-27)45-44-28-16-18-30(19-17-28)46(6-2)7-3/h8-10,12-19,22-25,40-41,43H,5-7,11,20-21H2,1-4H3,(H,42,47). The van der Waals surface area contributed by atoms with Crippen LogP contribution in [-0.2, 0) is 0 Å². The lowest BCUT2D eigenvalue weighted by Crippen LogP contribution is -2.25. The van der Waals surface area contributed by atoms with Gasteiger partial charge in [0.2, 0.25) is 0 Å². The van der Waals surface area contributed by atoms with Crippen LogP contribution < -0.4 is 30.9 Å². The number of rotatable bonds is 13. The molecule has 0 fully saturated rings. The van der Waals surface area contributed by atoms with Gasteiger partial charge in [-0.15, -0.1) is 0 Å². The Morgan fingerprint density at radius 2 is 1.52 bits per heavy atom. The number of azo groups is 1. The van der Waals surface area contributed by atoms with Gasteiger partial charge in [-0.1, -0.05) is 30.3 Å². The molecule has 0 saturated carbocycles. The number of ether oxygens (including phenoxy) is 1. The minimum Gasteiger partial charge on any atom is -0.453 e. The summed E-state index contributed by atoms with van der Waals surface area (Å²) in [6.07, 6.45) is 0.743. The number of nitrogens with zero attached hydrogens (tertiary/aromatic N) is 3. The summed E-state index contributed by atoms with van der Waals surface area (Å²) < 4.78 is 6.43. The van der Waals surface area contributed by atoms with Crippen LogP contribution in [-0.4, -0.2) is 38.6 Å². The van der Waals surface area contributed by atoms with E-state index >= 15 is 0 Å². The van der Waals surface area contributed by atoms with E-state index in [1.165, 1.54) is 0 Å². The second kappa shape index (κ2) is 14.9. The predicted molar refractivity (Wildman–Crippen MR) is 199 cm³/mol. The molecule has 48 heavy (non-hydrogen) atoms. The van der Waals surface area contributed by atoms with Gasteiger partial charge >= 0.3 is 0 Å². The highest BCUT2D eigenvalue weighted by Crippen LogP contribution is 2.49. The lowest BCUT2D eigenvalue weighted by atomic mass is 10.0. The topological polar surface area (TPSA) is 102 Å². The molecule has 0 aliphatic carbocycles. The van der Waals surface area contributed by atoms with Crippen molar-refractivity contribution in [3.05, 3.63) is 102 Å². The van der Waals surface area contributed by atoms with Crippen molar-refractivity contribution in [2.45, 2.75) is 34.1 Å². The quantitative estimate of drug-likeness (QED) is 0.0740. The van der Waals surface area contributed by atoms with Crippen LogP contribution in [0.4, 0.5) is 39.8 Å². The Morgan fingerprint density at radius 1 is 0.771 bits per heavy atom. The molecule has 1 aliphatic rings. The second-order valence-corrected chi connectivity index (χ2v) is 11.7. The summed E-state index contributed by atoms with van der Waals surface area (Å²) in [6, 6.07) is 29.8. The Kier molecular flexibility index (Phi) is 10.0. The maximum Gasteiger partial charge on any atom is 0.251 e. The molecule has 246 valence electrons. The molecular weight excluding hydrogens is 598 g/mol. The molecule has 0 aromatic heterocycles. The van der Waals surface area contributed by atoms with Crippen LogP contribution in [0.1, 0.15) is 43.1 Å². The molecule has 1 heterocycles. The molecule has 4 N–H and O–H groups in total. The number of hydrogen-bond donors (Lipinski definition) is 4. The van der Waals surface area contributed by atoms with E-state index in [0.717, 1.165) is 88.0 Å². The number of hydrogen-bond acceptors (Lipinski definition) is 8. The lowest BCUT2D eigenvalue weighted by Gasteiger charge is -2.26. The van der Waals surface area contributed by atoms with Gasteiger partial charge in [0.15, 0.2) is 11.5 Å². The van der Waals surface area contributed by atoms with Gasteiger partial charge in [-0.3, -0.25) is 4.79 Å². The molecular formula is C39H43N7O2. The Balaban J connectivity index is 1.05. The fourth-order valence-electron chi connectivity index (χ4n) is 5.97. The van der Waals surface area contributed by atoms with E-state index < -0.39 is 0 Å². The molecule has 0 radical (unpaired) electrons. The third kappa shape index (κ3) is 7.20. The van der Waals surface area contributed by atoms with Gasteiger partial charge in [0.1, 0.15) is 0 Å². The number of amides is 1. The van der Waals surface area contributed by atoms with Crippen LogP contribution in [0, 0.1) is 6.92 Å². The number of carbonyl (C=O) groups is 1. The van der Waals surface area contributed by atoms with Crippen LogP contribution in [0.5, 0.6) is 11.5 Å². The molecule has 0 unspecified atom stereocenters. The normalized spacial score (nSPS) is 11.8. The fraction of sp³-hybridized carbons (Fsp3) is 0.256. The van der Waals surface area contributed by atoms with Gasteiger partial charge in [-0.25, -0.2) is 0 Å². The minimum absolute atomic E-state index is 0.139. The minimum atomic E-state index is -0.139. The Hall–Kier alpha value is -5.57. The number of nitrogens with one attached hydrogen (secondary N) is 4.